The maximum absolute atomic E-state index is 4.88. The van der Waals surface area contributed by atoms with Crippen molar-refractivity contribution in [2.75, 3.05) is 12.4 Å². The number of rotatable bonds is 1. The first-order valence-electron chi connectivity index (χ1n) is 2.98. The van der Waals surface area contributed by atoms with Crippen molar-refractivity contribution in [2.45, 2.75) is 6.92 Å². The molecule has 0 aliphatic carbocycles. The minimum absolute atomic E-state index is 0.612. The lowest BCUT2D eigenvalue weighted by molar-refractivity contribution is 1.08. The Balaban J connectivity index is 3.19. The van der Waals surface area contributed by atoms with Gasteiger partial charge in [0.2, 0.25) is 5.95 Å². The van der Waals surface area contributed by atoms with Crippen LogP contribution in [-0.2, 0) is 0 Å². The summed E-state index contributed by atoms with van der Waals surface area (Å²) in [6, 6.07) is 1.82. The molecule has 0 amide bonds. The van der Waals surface area contributed by atoms with Crippen molar-refractivity contribution in [2.24, 2.45) is 0 Å². The number of aryl methyl sites for hydroxylation is 1. The third-order valence-electron chi connectivity index (χ3n) is 1.11. The number of nitrogens with one attached hydrogen (secondary N) is 2. The second kappa shape index (κ2) is 2.79. The van der Waals surface area contributed by atoms with Gasteiger partial charge in [0.15, 0.2) is 0 Å². The van der Waals surface area contributed by atoms with Crippen molar-refractivity contribution in [3.63, 3.8) is 0 Å². The summed E-state index contributed by atoms with van der Waals surface area (Å²) in [6.45, 7) is 1.94. The molecule has 1 aromatic rings. The summed E-state index contributed by atoms with van der Waals surface area (Å²) < 4.78 is 0.612. The molecule has 54 valence electrons. The summed E-state index contributed by atoms with van der Waals surface area (Å²) in [5.41, 5.74) is 1.02. The highest BCUT2D eigenvalue weighted by Crippen LogP contribution is 1.98. The minimum atomic E-state index is 0.612. The summed E-state index contributed by atoms with van der Waals surface area (Å²) >= 11 is 4.88. The molecular weight excluding hydrogens is 146 g/mol. The van der Waals surface area contributed by atoms with Gasteiger partial charge < -0.3 is 10.3 Å². The summed E-state index contributed by atoms with van der Waals surface area (Å²) in [7, 11) is 1.80. The molecule has 0 aliphatic heterocycles. The highest BCUT2D eigenvalue weighted by molar-refractivity contribution is 7.71. The molecule has 4 heteroatoms. The van der Waals surface area contributed by atoms with E-state index in [0.717, 1.165) is 5.69 Å². The molecule has 0 aliphatic rings. The van der Waals surface area contributed by atoms with Crippen molar-refractivity contribution in [1.29, 1.82) is 0 Å². The highest BCUT2D eigenvalue weighted by Gasteiger charge is 1.89. The molecule has 0 bridgehead atoms. The first-order valence-corrected chi connectivity index (χ1v) is 3.39. The molecule has 0 atom stereocenters. The van der Waals surface area contributed by atoms with Crippen molar-refractivity contribution in [3.8, 4) is 0 Å². The maximum Gasteiger partial charge on any atom is 0.201 e. The molecule has 3 nitrogen and oxygen atoms in total. The fraction of sp³-hybridized carbons (Fsp3) is 0.333. The van der Waals surface area contributed by atoms with E-state index in [0.29, 0.717) is 10.6 Å². The van der Waals surface area contributed by atoms with Gasteiger partial charge in [-0.05, 0) is 13.0 Å². The van der Waals surface area contributed by atoms with Crippen LogP contribution >= 0.6 is 12.2 Å². The zero-order valence-corrected chi connectivity index (χ0v) is 6.75. The van der Waals surface area contributed by atoms with E-state index in [9.17, 15) is 0 Å². The van der Waals surface area contributed by atoms with E-state index < -0.39 is 0 Å². The first-order chi connectivity index (χ1) is 4.72. The van der Waals surface area contributed by atoms with Crippen molar-refractivity contribution in [3.05, 3.63) is 16.4 Å². The van der Waals surface area contributed by atoms with Gasteiger partial charge in [0.1, 0.15) is 4.64 Å². The molecule has 1 aromatic heterocycles. The summed E-state index contributed by atoms with van der Waals surface area (Å²) in [5, 5.41) is 2.88. The quantitative estimate of drug-likeness (QED) is 0.604. The molecule has 0 spiro atoms. The largest absolute Gasteiger partial charge is 0.359 e. The lowest BCUT2D eigenvalue weighted by Crippen LogP contribution is -1.96. The number of hydrogen-bond donors (Lipinski definition) is 2. The van der Waals surface area contributed by atoms with Gasteiger partial charge in [0.25, 0.3) is 0 Å². The van der Waals surface area contributed by atoms with Crippen LogP contribution in [0.5, 0.6) is 0 Å². The van der Waals surface area contributed by atoms with E-state index in [1.807, 2.05) is 13.0 Å². The van der Waals surface area contributed by atoms with Gasteiger partial charge in [-0.3, -0.25) is 0 Å². The Kier molecular flexibility index (Phi) is 2.01. The zero-order chi connectivity index (χ0) is 7.56. The number of aromatic nitrogens is 2. The third kappa shape index (κ3) is 1.54. The Morgan fingerprint density at radius 2 is 2.40 bits per heavy atom. The number of hydrogen-bond acceptors (Lipinski definition) is 3. The van der Waals surface area contributed by atoms with E-state index in [1.54, 1.807) is 7.05 Å². The molecule has 0 aromatic carbocycles. The van der Waals surface area contributed by atoms with E-state index in [4.69, 9.17) is 12.2 Å². The van der Waals surface area contributed by atoms with Crippen LogP contribution in [0.2, 0.25) is 0 Å². The summed E-state index contributed by atoms with van der Waals surface area (Å²) in [4.78, 5) is 7.01. The van der Waals surface area contributed by atoms with Gasteiger partial charge in [-0.15, -0.1) is 0 Å². The van der Waals surface area contributed by atoms with Gasteiger partial charge in [0.05, 0.1) is 0 Å². The lowest BCUT2D eigenvalue weighted by atomic mass is 10.5. The molecular formula is C6H9N3S. The van der Waals surface area contributed by atoms with Crippen LogP contribution in [0.4, 0.5) is 5.95 Å². The summed E-state index contributed by atoms with van der Waals surface area (Å²) in [5.74, 6) is 0.713. The van der Waals surface area contributed by atoms with Crippen LogP contribution in [0.1, 0.15) is 5.69 Å². The molecule has 1 rings (SSSR count). The monoisotopic (exact) mass is 155 g/mol. The van der Waals surface area contributed by atoms with Crippen LogP contribution in [0.25, 0.3) is 0 Å². The van der Waals surface area contributed by atoms with Gasteiger partial charge in [0, 0.05) is 12.7 Å². The van der Waals surface area contributed by atoms with Gasteiger partial charge in [-0.1, -0.05) is 12.2 Å². The lowest BCUT2D eigenvalue weighted by Gasteiger charge is -1.98. The molecule has 0 unspecified atom stereocenters. The average Bonchev–Trinajstić information content (AvgIpc) is 1.85. The number of anilines is 1. The highest BCUT2D eigenvalue weighted by atomic mass is 32.1. The molecule has 0 saturated heterocycles. The molecule has 10 heavy (non-hydrogen) atoms. The van der Waals surface area contributed by atoms with Crippen LogP contribution in [0.15, 0.2) is 6.07 Å². The Labute approximate surface area is 64.5 Å². The van der Waals surface area contributed by atoms with Gasteiger partial charge in [-0.25, -0.2) is 4.98 Å². The standard InChI is InChI=1S/C6H9N3S/c1-4-3-5(10)9-6(7-2)8-4/h3H,1-2H3,(H2,7,8,9,10). The molecule has 0 saturated carbocycles. The normalized spacial score (nSPS) is 9.40. The Morgan fingerprint density at radius 1 is 1.70 bits per heavy atom. The van der Waals surface area contributed by atoms with Crippen molar-refractivity contribution < 1.29 is 0 Å². The third-order valence-corrected chi connectivity index (χ3v) is 1.32. The number of aromatic amines is 1. The summed E-state index contributed by atoms with van der Waals surface area (Å²) in [6.07, 6.45) is 0. The molecule has 0 radical (unpaired) electrons. The SMILES string of the molecule is CNc1nc(=S)cc(C)[nH]1. The number of H-pyrrole nitrogens is 1. The Bertz CT molecular complexity index is 279. The first kappa shape index (κ1) is 7.21. The minimum Gasteiger partial charge on any atom is -0.359 e. The zero-order valence-electron chi connectivity index (χ0n) is 5.93. The Morgan fingerprint density at radius 3 is 2.90 bits per heavy atom. The number of nitrogens with zero attached hydrogens (tertiary/aromatic N) is 1. The van der Waals surface area contributed by atoms with Crippen molar-refractivity contribution in [1.82, 2.24) is 9.97 Å². The van der Waals surface area contributed by atoms with Gasteiger partial charge >= 0.3 is 0 Å². The fourth-order valence-electron chi connectivity index (χ4n) is 0.697. The van der Waals surface area contributed by atoms with Crippen LogP contribution in [0.3, 0.4) is 0 Å². The average molecular weight is 155 g/mol. The molecule has 2 N–H and O–H groups in total. The smallest absolute Gasteiger partial charge is 0.201 e. The molecule has 0 fully saturated rings. The molecule has 1 heterocycles. The van der Waals surface area contributed by atoms with E-state index in [1.165, 1.54) is 0 Å². The van der Waals surface area contributed by atoms with E-state index in [-0.39, 0.29) is 0 Å². The predicted molar refractivity (Wildman–Crippen MR) is 43.7 cm³/mol. The maximum atomic E-state index is 4.88. The second-order valence-electron chi connectivity index (χ2n) is 2.00. The topological polar surface area (TPSA) is 40.7 Å². The van der Waals surface area contributed by atoms with Gasteiger partial charge in [-0.2, -0.15) is 0 Å². The van der Waals surface area contributed by atoms with E-state index in [2.05, 4.69) is 15.3 Å². The fourth-order valence-corrected chi connectivity index (χ4v) is 0.965. The van der Waals surface area contributed by atoms with E-state index >= 15 is 0 Å². The van der Waals surface area contributed by atoms with Crippen LogP contribution in [-0.4, -0.2) is 17.0 Å². The van der Waals surface area contributed by atoms with Crippen molar-refractivity contribution >= 4 is 18.2 Å². The second-order valence-corrected chi connectivity index (χ2v) is 2.42. The Hall–Kier alpha value is -0.900. The van der Waals surface area contributed by atoms with Crippen LogP contribution < -0.4 is 5.32 Å². The predicted octanol–water partition coefficient (Wildman–Crippen LogP) is 1.49. The van der Waals surface area contributed by atoms with Crippen LogP contribution in [0, 0.1) is 11.6 Å².